The fraction of sp³-hybridized carbons (Fsp3) is 0.391. The summed E-state index contributed by atoms with van der Waals surface area (Å²) in [6, 6.07) is 9.54. The molecule has 0 atom stereocenters. The molecule has 1 amide bonds. The molecule has 0 radical (unpaired) electrons. The zero-order chi connectivity index (χ0) is 23.0. The van der Waals surface area contributed by atoms with E-state index in [0.717, 1.165) is 37.8 Å². The Labute approximate surface area is 215 Å². The lowest BCUT2D eigenvalue weighted by Gasteiger charge is -2.31. The molecule has 1 aliphatic heterocycles. The van der Waals surface area contributed by atoms with Gasteiger partial charge in [0.15, 0.2) is 5.79 Å². The number of nitrogens with two attached hydrogens (primary N) is 1. The summed E-state index contributed by atoms with van der Waals surface area (Å²) in [5.74, 6) is -2.16. The third-order valence-electron chi connectivity index (χ3n) is 4.73. The first-order valence-corrected chi connectivity index (χ1v) is 11.7. The normalized spacial score (nSPS) is 13.0. The van der Waals surface area contributed by atoms with Gasteiger partial charge in [-0.25, -0.2) is 8.78 Å². The van der Waals surface area contributed by atoms with Crippen molar-refractivity contribution in [2.24, 2.45) is 10.7 Å². The Morgan fingerprint density at radius 1 is 1.06 bits per heavy atom. The molecular formula is C23H28F2I2N2O3. The Kier molecular flexibility index (Phi) is 12.2. The highest BCUT2D eigenvalue weighted by molar-refractivity contribution is 14.1. The summed E-state index contributed by atoms with van der Waals surface area (Å²) in [5.41, 5.74) is 7.65. The molecule has 0 saturated carbocycles. The van der Waals surface area contributed by atoms with Gasteiger partial charge >= 0.3 is 0 Å². The maximum atomic E-state index is 13.4. The molecule has 2 aromatic carbocycles. The minimum absolute atomic E-state index is 0. The molecule has 32 heavy (non-hydrogen) atoms. The number of hydrogen-bond acceptors (Lipinski definition) is 4. The third kappa shape index (κ3) is 8.31. The van der Waals surface area contributed by atoms with Crippen molar-refractivity contribution in [3.8, 4) is 0 Å². The van der Waals surface area contributed by atoms with Crippen molar-refractivity contribution < 1.29 is 23.0 Å². The van der Waals surface area contributed by atoms with Gasteiger partial charge in [-0.1, -0.05) is 7.43 Å². The summed E-state index contributed by atoms with van der Waals surface area (Å²) in [7, 11) is 2.89. The van der Waals surface area contributed by atoms with E-state index in [4.69, 9.17) is 15.2 Å². The quantitative estimate of drug-likeness (QED) is 0.299. The van der Waals surface area contributed by atoms with Crippen LogP contribution in [-0.4, -0.2) is 32.4 Å². The highest BCUT2D eigenvalue weighted by Gasteiger charge is 2.33. The molecule has 5 nitrogen and oxygen atoms in total. The predicted octanol–water partition coefficient (Wildman–Crippen LogP) is 5.79. The standard InChI is InChI=1S/C12H15FINO3.C10H9FIN.CH4/c1-17-12(18-2,4-3-11(15)16)8-5-9(13)7-10(14)6-8;11-8-4-7(5-9(12)6-8)10-2-1-3-13-10;/h5-7H,3-4H2,1-2H3,(H2,15,16);4-6H,1-3H2;1H4. The third-order valence-corrected chi connectivity index (χ3v) is 5.98. The van der Waals surface area contributed by atoms with Gasteiger partial charge in [0.25, 0.3) is 0 Å². The zero-order valence-corrected chi connectivity index (χ0v) is 21.6. The molecule has 3 rings (SSSR count). The molecule has 0 saturated heterocycles. The van der Waals surface area contributed by atoms with Gasteiger partial charge in [-0.05, 0) is 100.0 Å². The Bertz CT molecular complexity index is 910. The second-order valence-electron chi connectivity index (χ2n) is 6.88. The predicted molar refractivity (Wildman–Crippen MR) is 140 cm³/mol. The summed E-state index contributed by atoms with van der Waals surface area (Å²) >= 11 is 4.13. The van der Waals surface area contributed by atoms with Crippen molar-refractivity contribution >= 4 is 56.8 Å². The van der Waals surface area contributed by atoms with Gasteiger partial charge in [-0.3, -0.25) is 9.79 Å². The SMILES string of the molecule is C.COC(CCC(N)=O)(OC)c1cc(F)cc(I)c1.Fc1cc(I)cc(C2=NCCC2)c1. The monoisotopic (exact) mass is 672 g/mol. The molecule has 0 aromatic heterocycles. The van der Waals surface area contributed by atoms with Crippen LogP contribution in [-0.2, 0) is 20.1 Å². The van der Waals surface area contributed by atoms with Gasteiger partial charge in [0, 0.05) is 52.0 Å². The molecular weight excluding hydrogens is 644 g/mol. The van der Waals surface area contributed by atoms with Crippen LogP contribution in [0.15, 0.2) is 41.4 Å². The van der Waals surface area contributed by atoms with Crippen LogP contribution in [0, 0.1) is 18.8 Å². The summed E-state index contributed by atoms with van der Waals surface area (Å²) in [6.07, 6.45) is 2.41. The van der Waals surface area contributed by atoms with Crippen LogP contribution in [0.2, 0.25) is 0 Å². The Balaban J connectivity index is 0.000000324. The summed E-state index contributed by atoms with van der Waals surface area (Å²) in [6.45, 7) is 0.891. The zero-order valence-electron chi connectivity index (χ0n) is 17.3. The highest BCUT2D eigenvalue weighted by atomic mass is 127. The topological polar surface area (TPSA) is 73.9 Å². The number of halogens is 4. The van der Waals surface area contributed by atoms with E-state index in [2.05, 4.69) is 27.6 Å². The van der Waals surface area contributed by atoms with Crippen LogP contribution in [0.5, 0.6) is 0 Å². The molecule has 0 unspecified atom stereocenters. The number of rotatable bonds is 7. The molecule has 0 bridgehead atoms. The number of amides is 1. The average molecular weight is 672 g/mol. The van der Waals surface area contributed by atoms with Gasteiger partial charge < -0.3 is 15.2 Å². The highest BCUT2D eigenvalue weighted by Crippen LogP contribution is 2.32. The number of carbonyl (C=O) groups is 1. The Morgan fingerprint density at radius 3 is 2.12 bits per heavy atom. The first-order chi connectivity index (χ1) is 14.7. The van der Waals surface area contributed by atoms with Crippen molar-refractivity contribution in [3.63, 3.8) is 0 Å². The number of carbonyl (C=O) groups excluding carboxylic acids is 1. The van der Waals surface area contributed by atoms with Crippen molar-refractivity contribution in [1.29, 1.82) is 0 Å². The molecule has 2 N–H and O–H groups in total. The maximum Gasteiger partial charge on any atom is 0.217 e. The van der Waals surface area contributed by atoms with E-state index in [0.29, 0.717) is 5.56 Å². The molecule has 176 valence electrons. The number of hydrogen-bond donors (Lipinski definition) is 1. The van der Waals surface area contributed by atoms with Gasteiger partial charge in [0.05, 0.1) is 0 Å². The van der Waals surface area contributed by atoms with Gasteiger partial charge in [0.2, 0.25) is 5.91 Å². The van der Waals surface area contributed by atoms with Gasteiger partial charge in [-0.2, -0.15) is 0 Å². The van der Waals surface area contributed by atoms with E-state index < -0.39 is 11.7 Å². The number of primary amides is 1. The first-order valence-electron chi connectivity index (χ1n) is 9.54. The second-order valence-corrected chi connectivity index (χ2v) is 9.37. The van der Waals surface area contributed by atoms with Crippen molar-refractivity contribution in [2.45, 2.75) is 38.9 Å². The molecule has 1 aliphatic rings. The van der Waals surface area contributed by atoms with Crippen LogP contribution >= 0.6 is 45.2 Å². The largest absolute Gasteiger partial charge is 0.370 e. The number of nitrogens with zero attached hydrogens (tertiary/aromatic N) is 1. The van der Waals surface area contributed by atoms with Crippen LogP contribution in [0.1, 0.15) is 44.2 Å². The molecule has 9 heteroatoms. The molecule has 0 spiro atoms. The number of methoxy groups -OCH3 is 2. The molecule has 2 aromatic rings. The summed E-state index contributed by atoms with van der Waals surface area (Å²) in [5, 5.41) is 0. The Hall–Kier alpha value is -1.18. The fourth-order valence-corrected chi connectivity index (χ4v) is 4.49. The lowest BCUT2D eigenvalue weighted by atomic mass is 10.00. The molecule has 0 fully saturated rings. The van der Waals surface area contributed by atoms with Crippen molar-refractivity contribution in [1.82, 2.24) is 0 Å². The molecule has 1 heterocycles. The summed E-state index contributed by atoms with van der Waals surface area (Å²) < 4.78 is 38.8. The minimum Gasteiger partial charge on any atom is -0.370 e. The van der Waals surface area contributed by atoms with Crippen LogP contribution < -0.4 is 5.73 Å². The van der Waals surface area contributed by atoms with E-state index in [-0.39, 0.29) is 31.9 Å². The van der Waals surface area contributed by atoms with Gasteiger partial charge in [-0.15, -0.1) is 0 Å². The Morgan fingerprint density at radius 2 is 1.66 bits per heavy atom. The van der Waals surface area contributed by atoms with Gasteiger partial charge in [0.1, 0.15) is 11.6 Å². The van der Waals surface area contributed by atoms with E-state index in [9.17, 15) is 13.6 Å². The van der Waals surface area contributed by atoms with E-state index in [1.54, 1.807) is 12.1 Å². The van der Waals surface area contributed by atoms with Crippen LogP contribution in [0.3, 0.4) is 0 Å². The average Bonchev–Trinajstić information content (AvgIpc) is 3.23. The minimum atomic E-state index is -1.16. The number of aliphatic imine (C=N–C) groups is 1. The van der Waals surface area contributed by atoms with E-state index >= 15 is 0 Å². The first kappa shape index (κ1) is 28.9. The number of benzene rings is 2. The van der Waals surface area contributed by atoms with Crippen LogP contribution in [0.4, 0.5) is 8.78 Å². The fourth-order valence-electron chi connectivity index (χ4n) is 3.22. The molecule has 0 aliphatic carbocycles. The number of ether oxygens (including phenoxy) is 2. The second kappa shape index (κ2) is 13.5. The van der Waals surface area contributed by atoms with E-state index in [1.807, 2.05) is 28.7 Å². The maximum absolute atomic E-state index is 13.4. The summed E-state index contributed by atoms with van der Waals surface area (Å²) in [4.78, 5) is 15.2. The van der Waals surface area contributed by atoms with Crippen molar-refractivity contribution in [3.05, 3.63) is 66.3 Å². The smallest absolute Gasteiger partial charge is 0.217 e. The lowest BCUT2D eigenvalue weighted by Crippen LogP contribution is -2.32. The van der Waals surface area contributed by atoms with Crippen molar-refractivity contribution in [2.75, 3.05) is 20.8 Å². The lowest BCUT2D eigenvalue weighted by molar-refractivity contribution is -0.220. The van der Waals surface area contributed by atoms with E-state index in [1.165, 1.54) is 32.4 Å². The van der Waals surface area contributed by atoms with Crippen LogP contribution in [0.25, 0.3) is 0 Å².